The number of aliphatic hydroxyl groups excluding tert-OH is 1. The van der Waals surface area contributed by atoms with Gasteiger partial charge in [-0.05, 0) is 0 Å². The van der Waals surface area contributed by atoms with Crippen LogP contribution in [-0.4, -0.2) is 47.2 Å². The predicted octanol–water partition coefficient (Wildman–Crippen LogP) is -7.94. The summed E-state index contributed by atoms with van der Waals surface area (Å²) in [6.07, 6.45) is -3.81. The fourth-order valence-corrected chi connectivity index (χ4v) is 1.02. The quantitative estimate of drug-likeness (QED) is 0.377. The van der Waals surface area contributed by atoms with Gasteiger partial charge in [0.05, 0.1) is 30.0 Å². The molecule has 0 aromatic rings. The van der Waals surface area contributed by atoms with Gasteiger partial charge in [0.25, 0.3) is 0 Å². The summed E-state index contributed by atoms with van der Waals surface area (Å²) in [7, 11) is 0. The number of aliphatic carboxylic acids is 4. The third-order valence-electron chi connectivity index (χ3n) is 1.85. The van der Waals surface area contributed by atoms with Crippen molar-refractivity contribution in [2.45, 2.75) is 24.6 Å². The predicted molar refractivity (Wildman–Crippen MR) is 41.4 cm³/mol. The molecule has 0 amide bonds. The average molecular weight is 388 g/mol. The topological polar surface area (TPSA) is 193 Å². The number of aliphatic hydroxyl groups is 1. The summed E-state index contributed by atoms with van der Waals surface area (Å²) in [5.74, 6) is -8.23. The normalized spacial score (nSPS) is 13.8. The van der Waals surface area contributed by atoms with Gasteiger partial charge in [0.15, 0.2) is 0 Å². The molecule has 2 N–H and O–H groups in total. The van der Waals surface area contributed by atoms with Gasteiger partial charge in [0.1, 0.15) is 6.10 Å². The molecule has 120 valence electrons. The van der Waals surface area contributed by atoms with Gasteiger partial charge in [-0.25, -0.2) is 0 Å². The summed E-state index contributed by atoms with van der Waals surface area (Å²) < 4.78 is 0. The molecule has 2 radical (unpaired) electrons. The van der Waals surface area contributed by atoms with E-state index in [0.29, 0.717) is 0 Å². The van der Waals surface area contributed by atoms with Gasteiger partial charge < -0.3 is 44.7 Å². The van der Waals surface area contributed by atoms with E-state index < -0.39 is 48.5 Å². The smallest absolute Gasteiger partial charge is 0.550 e. The Balaban J connectivity index is -0.00000144. The first-order valence-electron chi connectivity index (χ1n) is 4.43. The van der Waals surface area contributed by atoms with Crippen LogP contribution >= 0.6 is 0 Å². The number of hydrogen-bond acceptors (Lipinski definition) is 10. The molecule has 20 heavy (non-hydrogen) atoms. The van der Waals surface area contributed by atoms with Crippen molar-refractivity contribution in [1.82, 2.24) is 5.32 Å². The molecule has 10 nitrogen and oxygen atoms in total. The zero-order valence-corrected chi connectivity index (χ0v) is 11.1. The molecule has 0 spiro atoms. The Morgan fingerprint density at radius 3 is 1.60 bits per heavy atom. The summed E-state index contributed by atoms with van der Waals surface area (Å²) >= 11 is 0. The minimum Gasteiger partial charge on any atom is -0.550 e. The third-order valence-corrected chi connectivity index (χ3v) is 1.85. The van der Waals surface area contributed by atoms with E-state index in [1.54, 1.807) is 5.32 Å². The zero-order chi connectivity index (χ0) is 14.5. The SMILES string of the molecule is O=C([O-])CC(NC(C(=O)[O-])C(O)C(=O)[O-])C(=O)[O-].[Cu+2].[Cu+2]. The van der Waals surface area contributed by atoms with Gasteiger partial charge in [-0.2, -0.15) is 0 Å². The minimum absolute atomic E-state index is 0. The van der Waals surface area contributed by atoms with E-state index in [1.807, 2.05) is 0 Å². The van der Waals surface area contributed by atoms with Crippen LogP contribution in [0.5, 0.6) is 0 Å². The Morgan fingerprint density at radius 1 is 0.900 bits per heavy atom. The van der Waals surface area contributed by atoms with Gasteiger partial charge >= 0.3 is 34.1 Å². The van der Waals surface area contributed by atoms with Crippen LogP contribution in [0, 0.1) is 0 Å². The Hall–Kier alpha value is -1.16. The van der Waals surface area contributed by atoms with Crippen molar-refractivity contribution in [2.75, 3.05) is 0 Å². The van der Waals surface area contributed by atoms with Crippen LogP contribution in [0.1, 0.15) is 6.42 Å². The van der Waals surface area contributed by atoms with E-state index in [2.05, 4.69) is 0 Å². The molecule has 3 atom stereocenters. The maximum atomic E-state index is 10.5. The third kappa shape index (κ3) is 8.10. The summed E-state index contributed by atoms with van der Waals surface area (Å²) in [4.78, 5) is 41.4. The largest absolute Gasteiger partial charge is 2.00 e. The second-order valence-corrected chi connectivity index (χ2v) is 3.18. The molecule has 0 fully saturated rings. The van der Waals surface area contributed by atoms with Gasteiger partial charge in [-0.1, -0.05) is 0 Å². The molecule has 0 aliphatic carbocycles. The molecule has 0 aliphatic rings. The second-order valence-electron chi connectivity index (χ2n) is 3.18. The molecular weight excluding hydrogens is 381 g/mol. The molecule has 0 bridgehead atoms. The zero-order valence-electron chi connectivity index (χ0n) is 9.26. The van der Waals surface area contributed by atoms with Gasteiger partial charge in [0.2, 0.25) is 0 Å². The Labute approximate surface area is 133 Å². The van der Waals surface area contributed by atoms with Crippen LogP contribution in [0.4, 0.5) is 0 Å². The molecule has 0 saturated heterocycles. The number of carboxylic acid groups (broad SMARTS) is 4. The fourth-order valence-electron chi connectivity index (χ4n) is 1.02. The maximum absolute atomic E-state index is 10.5. The van der Waals surface area contributed by atoms with E-state index in [4.69, 9.17) is 5.11 Å². The van der Waals surface area contributed by atoms with Crippen LogP contribution < -0.4 is 25.7 Å². The molecule has 12 heteroatoms. The summed E-state index contributed by atoms with van der Waals surface area (Å²) in [5, 5.41) is 51.8. The first-order chi connectivity index (χ1) is 8.16. The Bertz CT molecular complexity index is 375. The molecule has 0 aromatic carbocycles. The number of carbonyl (C=O) groups excluding carboxylic acids is 4. The molecule has 0 heterocycles. The Kier molecular flexibility index (Phi) is 12.7. The van der Waals surface area contributed by atoms with Crippen LogP contribution in [0.2, 0.25) is 0 Å². The van der Waals surface area contributed by atoms with Crippen LogP contribution in [0.15, 0.2) is 0 Å². The van der Waals surface area contributed by atoms with Crippen molar-refractivity contribution in [2.24, 2.45) is 0 Å². The average Bonchev–Trinajstić information content (AvgIpc) is 2.21. The van der Waals surface area contributed by atoms with Gasteiger partial charge in [-0.15, -0.1) is 0 Å². The molecule has 0 rings (SSSR count). The summed E-state index contributed by atoms with van der Waals surface area (Å²) in [6.45, 7) is 0. The monoisotopic (exact) mass is 387 g/mol. The number of nitrogens with one attached hydrogen (secondary N) is 1. The van der Waals surface area contributed by atoms with E-state index >= 15 is 0 Å². The molecule has 0 aliphatic heterocycles. The van der Waals surface area contributed by atoms with Crippen LogP contribution in [-0.2, 0) is 53.3 Å². The van der Waals surface area contributed by atoms with Gasteiger partial charge in [-0.3, -0.25) is 5.32 Å². The number of rotatable bonds is 8. The van der Waals surface area contributed by atoms with E-state index in [-0.39, 0.29) is 34.1 Å². The van der Waals surface area contributed by atoms with Crippen molar-refractivity contribution in [3.63, 3.8) is 0 Å². The molecular formula is C8H7Cu2NO9. The van der Waals surface area contributed by atoms with Crippen molar-refractivity contribution >= 4 is 23.9 Å². The second kappa shape index (κ2) is 10.6. The Morgan fingerprint density at radius 2 is 1.35 bits per heavy atom. The van der Waals surface area contributed by atoms with Crippen molar-refractivity contribution in [3.05, 3.63) is 0 Å². The molecule has 0 aromatic heterocycles. The first-order valence-corrected chi connectivity index (χ1v) is 4.43. The van der Waals surface area contributed by atoms with E-state index in [0.717, 1.165) is 0 Å². The summed E-state index contributed by atoms with van der Waals surface area (Å²) in [5.41, 5.74) is 0. The maximum Gasteiger partial charge on any atom is 2.00 e. The number of carbonyl (C=O) groups is 4. The molecule has 0 saturated carbocycles. The van der Waals surface area contributed by atoms with E-state index in [9.17, 15) is 39.6 Å². The summed E-state index contributed by atoms with van der Waals surface area (Å²) in [6, 6.07) is -4.45. The van der Waals surface area contributed by atoms with Crippen LogP contribution in [0.25, 0.3) is 0 Å². The molecule has 3 unspecified atom stereocenters. The number of hydrogen-bond donors (Lipinski definition) is 2. The minimum atomic E-state index is -2.63. The van der Waals surface area contributed by atoms with Crippen molar-refractivity contribution < 1.29 is 78.8 Å². The van der Waals surface area contributed by atoms with Gasteiger partial charge in [0, 0.05) is 12.4 Å². The van der Waals surface area contributed by atoms with Crippen LogP contribution in [0.3, 0.4) is 0 Å². The standard InChI is InChI=1S/C8H11NO9.2Cu/c10-3(11)1-2(6(13)14)9-4(7(15)16)5(12)8(17)18;;/h2,4-5,9,12H,1H2,(H,10,11)(H,13,14)(H,15,16)(H,17,18);;/q;2*+2/p-4. The van der Waals surface area contributed by atoms with Crippen molar-refractivity contribution in [3.8, 4) is 0 Å². The van der Waals surface area contributed by atoms with E-state index in [1.165, 1.54) is 0 Å². The fraction of sp³-hybridized carbons (Fsp3) is 0.500. The van der Waals surface area contributed by atoms with Crippen molar-refractivity contribution in [1.29, 1.82) is 0 Å². The first kappa shape index (κ1) is 23.9. The number of carboxylic acids is 4.